The van der Waals surface area contributed by atoms with Gasteiger partial charge < -0.3 is 5.73 Å². The number of nitrogen functional groups attached to an aromatic ring is 1. The predicted octanol–water partition coefficient (Wildman–Crippen LogP) is 2.09. The third-order valence-electron chi connectivity index (χ3n) is 2.66. The number of nitrogens with zero attached hydrogens (tertiary/aromatic N) is 1. The molecule has 88 valence electrons. The number of hydrogen-bond acceptors (Lipinski definition) is 3. The molecule has 1 aromatic rings. The van der Waals surface area contributed by atoms with Crippen LogP contribution >= 0.6 is 0 Å². The highest BCUT2D eigenvalue weighted by molar-refractivity contribution is 6.00. The van der Waals surface area contributed by atoms with Crippen molar-refractivity contribution in [3.05, 3.63) is 41.5 Å². The first kappa shape index (κ1) is 11.4. The van der Waals surface area contributed by atoms with E-state index in [2.05, 4.69) is 17.5 Å². The number of hydrogen-bond donors (Lipinski definition) is 2. The summed E-state index contributed by atoms with van der Waals surface area (Å²) in [6.07, 6.45) is 3.92. The van der Waals surface area contributed by atoms with Crippen LogP contribution in [0.2, 0.25) is 0 Å². The van der Waals surface area contributed by atoms with E-state index in [4.69, 9.17) is 5.73 Å². The third-order valence-corrected chi connectivity index (χ3v) is 2.66. The molecule has 0 aliphatic heterocycles. The molecule has 0 aromatic heterocycles. The van der Waals surface area contributed by atoms with Gasteiger partial charge in [-0.25, -0.2) is 5.43 Å². The Kier molecular flexibility index (Phi) is 3.23. The summed E-state index contributed by atoms with van der Waals surface area (Å²) in [6.45, 7) is 2.06. The molecule has 1 aromatic carbocycles. The van der Waals surface area contributed by atoms with Gasteiger partial charge in [-0.3, -0.25) is 4.79 Å². The number of amides is 1. The Morgan fingerprint density at radius 3 is 2.59 bits per heavy atom. The second-order valence-electron chi connectivity index (χ2n) is 4.16. The van der Waals surface area contributed by atoms with E-state index < -0.39 is 0 Å². The standard InChI is InChI=1S/C13H15N3O/c1-9-2-7-12(8-9)15-16-13(17)10-3-5-11(14)6-4-10/h3-6,8H,2,7,14H2,1H3,(H,16,17)/b15-12+. The summed E-state index contributed by atoms with van der Waals surface area (Å²) in [5.41, 5.74) is 11.5. The van der Waals surface area contributed by atoms with Crippen LogP contribution in [0, 0.1) is 0 Å². The molecule has 0 radical (unpaired) electrons. The number of benzene rings is 1. The van der Waals surface area contributed by atoms with Gasteiger partial charge in [0.1, 0.15) is 0 Å². The van der Waals surface area contributed by atoms with E-state index in [-0.39, 0.29) is 5.91 Å². The molecule has 2 rings (SSSR count). The number of nitrogens with one attached hydrogen (secondary N) is 1. The number of carbonyl (C=O) groups is 1. The van der Waals surface area contributed by atoms with Gasteiger partial charge in [-0.2, -0.15) is 5.10 Å². The predicted molar refractivity (Wildman–Crippen MR) is 68.7 cm³/mol. The van der Waals surface area contributed by atoms with Crippen molar-refractivity contribution < 1.29 is 4.79 Å². The molecule has 0 saturated carbocycles. The maximum Gasteiger partial charge on any atom is 0.271 e. The number of hydrazone groups is 1. The minimum absolute atomic E-state index is 0.213. The Labute approximate surface area is 100 Å². The van der Waals surface area contributed by atoms with Crippen LogP contribution in [0.3, 0.4) is 0 Å². The minimum atomic E-state index is -0.213. The van der Waals surface area contributed by atoms with Crippen molar-refractivity contribution in [3.63, 3.8) is 0 Å². The molecule has 0 heterocycles. The first-order chi connectivity index (χ1) is 8.15. The third kappa shape index (κ3) is 2.93. The van der Waals surface area contributed by atoms with E-state index in [1.165, 1.54) is 5.57 Å². The van der Waals surface area contributed by atoms with Gasteiger partial charge in [0.05, 0.1) is 5.71 Å². The van der Waals surface area contributed by atoms with E-state index in [1.807, 2.05) is 6.08 Å². The molecule has 4 nitrogen and oxygen atoms in total. The van der Waals surface area contributed by atoms with Gasteiger partial charge in [-0.15, -0.1) is 0 Å². The topological polar surface area (TPSA) is 67.5 Å². The Balaban J connectivity index is 2.00. The normalized spacial score (nSPS) is 17.0. The molecule has 3 N–H and O–H groups in total. The van der Waals surface area contributed by atoms with Crippen molar-refractivity contribution in [2.75, 3.05) is 5.73 Å². The molecule has 0 spiro atoms. The van der Waals surface area contributed by atoms with Gasteiger partial charge in [0.25, 0.3) is 5.91 Å². The first-order valence-corrected chi connectivity index (χ1v) is 5.55. The largest absolute Gasteiger partial charge is 0.399 e. The molecule has 1 aliphatic carbocycles. The molecule has 4 heteroatoms. The average Bonchev–Trinajstić information content (AvgIpc) is 2.73. The Morgan fingerprint density at radius 2 is 2.00 bits per heavy atom. The van der Waals surface area contributed by atoms with E-state index >= 15 is 0 Å². The molecule has 0 bridgehead atoms. The number of rotatable bonds is 2. The molecule has 17 heavy (non-hydrogen) atoms. The monoisotopic (exact) mass is 229 g/mol. The smallest absolute Gasteiger partial charge is 0.271 e. The number of allylic oxidation sites excluding steroid dienone is 2. The van der Waals surface area contributed by atoms with Crippen LogP contribution in [0.15, 0.2) is 41.0 Å². The lowest BCUT2D eigenvalue weighted by atomic mass is 10.2. The highest BCUT2D eigenvalue weighted by Gasteiger charge is 2.08. The lowest BCUT2D eigenvalue weighted by Gasteiger charge is -2.01. The SMILES string of the molecule is CC1=C/C(=N/NC(=O)c2ccc(N)cc2)CC1. The summed E-state index contributed by atoms with van der Waals surface area (Å²) in [5, 5.41) is 4.08. The first-order valence-electron chi connectivity index (χ1n) is 5.55. The van der Waals surface area contributed by atoms with Crippen molar-refractivity contribution >= 4 is 17.3 Å². The van der Waals surface area contributed by atoms with E-state index in [0.717, 1.165) is 18.6 Å². The summed E-state index contributed by atoms with van der Waals surface area (Å²) in [6, 6.07) is 6.75. The molecule has 0 fully saturated rings. The molecule has 1 amide bonds. The average molecular weight is 229 g/mol. The number of carbonyl (C=O) groups excluding carboxylic acids is 1. The Bertz CT molecular complexity index is 486. The molecule has 0 saturated heterocycles. The van der Waals surface area contributed by atoms with Gasteiger partial charge in [0, 0.05) is 11.3 Å². The second-order valence-corrected chi connectivity index (χ2v) is 4.16. The lowest BCUT2D eigenvalue weighted by Crippen LogP contribution is -2.18. The fraction of sp³-hybridized carbons (Fsp3) is 0.231. The van der Waals surface area contributed by atoms with E-state index in [0.29, 0.717) is 11.3 Å². The van der Waals surface area contributed by atoms with E-state index in [1.54, 1.807) is 24.3 Å². The van der Waals surface area contributed by atoms with Crippen LogP contribution in [-0.4, -0.2) is 11.6 Å². The van der Waals surface area contributed by atoms with Crippen LogP contribution < -0.4 is 11.2 Å². The highest BCUT2D eigenvalue weighted by Crippen LogP contribution is 2.14. The van der Waals surface area contributed by atoms with Crippen LogP contribution in [0.1, 0.15) is 30.1 Å². The zero-order valence-corrected chi connectivity index (χ0v) is 9.73. The molecule has 0 unspecified atom stereocenters. The van der Waals surface area contributed by atoms with Gasteiger partial charge in [0.15, 0.2) is 0 Å². The number of anilines is 1. The maximum atomic E-state index is 11.7. The number of nitrogens with two attached hydrogens (primary N) is 1. The minimum Gasteiger partial charge on any atom is -0.399 e. The Morgan fingerprint density at radius 1 is 1.29 bits per heavy atom. The summed E-state index contributed by atoms with van der Waals surface area (Å²) in [5.74, 6) is -0.213. The van der Waals surface area contributed by atoms with Gasteiger partial charge in [0.2, 0.25) is 0 Å². The van der Waals surface area contributed by atoms with Crippen molar-refractivity contribution in [1.82, 2.24) is 5.43 Å². The van der Waals surface area contributed by atoms with E-state index in [9.17, 15) is 4.79 Å². The second kappa shape index (κ2) is 4.82. The van der Waals surface area contributed by atoms with Crippen LogP contribution in [0.4, 0.5) is 5.69 Å². The van der Waals surface area contributed by atoms with Crippen molar-refractivity contribution in [3.8, 4) is 0 Å². The molecular weight excluding hydrogens is 214 g/mol. The Hall–Kier alpha value is -2.10. The summed E-state index contributed by atoms with van der Waals surface area (Å²) in [7, 11) is 0. The van der Waals surface area contributed by atoms with Gasteiger partial charge >= 0.3 is 0 Å². The summed E-state index contributed by atoms with van der Waals surface area (Å²) < 4.78 is 0. The zero-order valence-electron chi connectivity index (χ0n) is 9.73. The van der Waals surface area contributed by atoms with Crippen LogP contribution in [-0.2, 0) is 0 Å². The molecule has 0 atom stereocenters. The van der Waals surface area contributed by atoms with Gasteiger partial charge in [-0.05, 0) is 50.1 Å². The van der Waals surface area contributed by atoms with Crippen LogP contribution in [0.25, 0.3) is 0 Å². The maximum absolute atomic E-state index is 11.7. The molecule has 1 aliphatic rings. The van der Waals surface area contributed by atoms with Crippen molar-refractivity contribution in [2.24, 2.45) is 5.10 Å². The highest BCUT2D eigenvalue weighted by atomic mass is 16.2. The van der Waals surface area contributed by atoms with Crippen molar-refractivity contribution in [1.29, 1.82) is 0 Å². The quantitative estimate of drug-likeness (QED) is 0.602. The van der Waals surface area contributed by atoms with Crippen molar-refractivity contribution in [2.45, 2.75) is 19.8 Å². The fourth-order valence-electron chi connectivity index (χ4n) is 1.66. The van der Waals surface area contributed by atoms with Crippen LogP contribution in [0.5, 0.6) is 0 Å². The zero-order chi connectivity index (χ0) is 12.3. The molecular formula is C13H15N3O. The summed E-state index contributed by atoms with van der Waals surface area (Å²) in [4.78, 5) is 11.7. The lowest BCUT2D eigenvalue weighted by molar-refractivity contribution is 0.0955. The fourth-order valence-corrected chi connectivity index (χ4v) is 1.66. The van der Waals surface area contributed by atoms with Gasteiger partial charge in [-0.1, -0.05) is 5.57 Å². The summed E-state index contributed by atoms with van der Waals surface area (Å²) >= 11 is 0.